The van der Waals surface area contributed by atoms with E-state index in [1.165, 1.54) is 19.4 Å². The summed E-state index contributed by atoms with van der Waals surface area (Å²) in [6.45, 7) is 0. The van der Waals surface area contributed by atoms with Crippen molar-refractivity contribution in [1.82, 2.24) is 5.32 Å². The molecular weight excluding hydrogens is 132 g/mol. The first kappa shape index (κ1) is 6.67. The predicted molar refractivity (Wildman–Crippen MR) is 36.5 cm³/mol. The van der Waals surface area contributed by atoms with Crippen molar-refractivity contribution in [2.45, 2.75) is 0 Å². The van der Waals surface area contributed by atoms with Gasteiger partial charge < -0.3 is 15.5 Å². The number of amides is 1. The number of nitrogens with one attached hydrogen (secondary N) is 1. The highest BCUT2D eigenvalue weighted by molar-refractivity contribution is 5.97. The van der Waals surface area contributed by atoms with Gasteiger partial charge in [0.05, 0.1) is 6.26 Å². The molecule has 4 heteroatoms. The van der Waals surface area contributed by atoms with E-state index >= 15 is 0 Å². The Morgan fingerprint density at radius 3 is 2.90 bits per heavy atom. The zero-order valence-corrected chi connectivity index (χ0v) is 5.55. The molecule has 1 rings (SSSR count). The second kappa shape index (κ2) is 2.43. The van der Waals surface area contributed by atoms with Gasteiger partial charge >= 0.3 is 0 Å². The summed E-state index contributed by atoms with van der Waals surface area (Å²) in [5.74, 6) is -0.0781. The van der Waals surface area contributed by atoms with Gasteiger partial charge in [-0.1, -0.05) is 0 Å². The largest absolute Gasteiger partial charge is 0.448 e. The Morgan fingerprint density at radius 2 is 2.50 bits per heavy atom. The Hall–Kier alpha value is -1.45. The zero-order chi connectivity index (χ0) is 7.56. The third-order valence-corrected chi connectivity index (χ3v) is 1.17. The van der Waals surface area contributed by atoms with Gasteiger partial charge in [0.2, 0.25) is 5.88 Å². The van der Waals surface area contributed by atoms with Crippen LogP contribution in [0, 0.1) is 0 Å². The molecule has 0 unspecified atom stereocenters. The number of rotatable bonds is 1. The number of furan rings is 1. The van der Waals surface area contributed by atoms with Gasteiger partial charge in [0.25, 0.3) is 5.91 Å². The Balaban J connectivity index is 2.93. The third-order valence-electron chi connectivity index (χ3n) is 1.17. The second-order valence-corrected chi connectivity index (χ2v) is 1.78. The molecule has 0 aliphatic heterocycles. The Kier molecular flexibility index (Phi) is 1.62. The molecule has 0 saturated heterocycles. The van der Waals surface area contributed by atoms with E-state index in [0.29, 0.717) is 5.56 Å². The first-order valence-corrected chi connectivity index (χ1v) is 2.80. The van der Waals surface area contributed by atoms with E-state index in [4.69, 9.17) is 10.2 Å². The highest BCUT2D eigenvalue weighted by atomic mass is 16.3. The molecule has 0 aliphatic rings. The molecule has 0 aliphatic carbocycles. The molecule has 1 aromatic rings. The van der Waals surface area contributed by atoms with E-state index in [1.54, 1.807) is 0 Å². The highest BCUT2D eigenvalue weighted by Crippen LogP contribution is 2.10. The minimum atomic E-state index is -0.230. The van der Waals surface area contributed by atoms with Gasteiger partial charge in [0.1, 0.15) is 5.56 Å². The lowest BCUT2D eigenvalue weighted by atomic mass is 10.3. The molecule has 1 heterocycles. The van der Waals surface area contributed by atoms with Crippen LogP contribution in [0.3, 0.4) is 0 Å². The van der Waals surface area contributed by atoms with Crippen LogP contribution in [0.25, 0.3) is 0 Å². The maximum Gasteiger partial charge on any atom is 0.256 e. The summed E-state index contributed by atoms with van der Waals surface area (Å²) < 4.78 is 4.70. The van der Waals surface area contributed by atoms with Crippen molar-refractivity contribution in [2.24, 2.45) is 0 Å². The van der Waals surface area contributed by atoms with Crippen molar-refractivity contribution in [3.63, 3.8) is 0 Å². The average Bonchev–Trinajstić information content (AvgIpc) is 2.34. The maximum atomic E-state index is 10.8. The lowest BCUT2D eigenvalue weighted by Gasteiger charge is -1.93. The maximum absolute atomic E-state index is 10.8. The average molecular weight is 140 g/mol. The fourth-order valence-electron chi connectivity index (χ4n) is 0.643. The molecule has 0 bridgehead atoms. The first-order valence-electron chi connectivity index (χ1n) is 2.80. The van der Waals surface area contributed by atoms with Crippen molar-refractivity contribution in [1.29, 1.82) is 0 Å². The molecule has 0 radical (unpaired) electrons. The van der Waals surface area contributed by atoms with Crippen LogP contribution in [0.4, 0.5) is 5.88 Å². The van der Waals surface area contributed by atoms with Crippen molar-refractivity contribution in [2.75, 3.05) is 12.8 Å². The van der Waals surface area contributed by atoms with Crippen molar-refractivity contribution in [3.05, 3.63) is 17.9 Å². The lowest BCUT2D eigenvalue weighted by Crippen LogP contribution is -2.18. The number of carbonyl (C=O) groups excluding carboxylic acids is 1. The van der Waals surface area contributed by atoms with E-state index in [0.717, 1.165) is 0 Å². The molecule has 10 heavy (non-hydrogen) atoms. The summed E-state index contributed by atoms with van der Waals surface area (Å²) in [6.07, 6.45) is 1.37. The summed E-state index contributed by atoms with van der Waals surface area (Å²) in [5.41, 5.74) is 5.67. The molecule has 1 aromatic heterocycles. The highest BCUT2D eigenvalue weighted by Gasteiger charge is 2.08. The summed E-state index contributed by atoms with van der Waals surface area (Å²) in [7, 11) is 1.54. The molecule has 4 nitrogen and oxygen atoms in total. The molecule has 0 atom stereocenters. The van der Waals surface area contributed by atoms with Crippen molar-refractivity contribution >= 4 is 11.8 Å². The van der Waals surface area contributed by atoms with Crippen LogP contribution in [0.1, 0.15) is 10.4 Å². The van der Waals surface area contributed by atoms with Gasteiger partial charge in [0, 0.05) is 7.05 Å². The molecule has 0 fully saturated rings. The number of anilines is 1. The van der Waals surface area contributed by atoms with Gasteiger partial charge in [-0.25, -0.2) is 0 Å². The second-order valence-electron chi connectivity index (χ2n) is 1.78. The van der Waals surface area contributed by atoms with Crippen LogP contribution >= 0.6 is 0 Å². The Labute approximate surface area is 58.0 Å². The van der Waals surface area contributed by atoms with E-state index in [-0.39, 0.29) is 11.8 Å². The Morgan fingerprint density at radius 1 is 1.80 bits per heavy atom. The molecule has 0 spiro atoms. The van der Waals surface area contributed by atoms with E-state index < -0.39 is 0 Å². The number of hydrogen-bond acceptors (Lipinski definition) is 3. The van der Waals surface area contributed by atoms with Gasteiger partial charge in [0.15, 0.2) is 0 Å². The topological polar surface area (TPSA) is 68.3 Å². The van der Waals surface area contributed by atoms with E-state index in [1.807, 2.05) is 0 Å². The minimum Gasteiger partial charge on any atom is -0.448 e. The van der Waals surface area contributed by atoms with Crippen molar-refractivity contribution < 1.29 is 9.21 Å². The van der Waals surface area contributed by atoms with Crippen LogP contribution < -0.4 is 11.1 Å². The van der Waals surface area contributed by atoms with Crippen LogP contribution in [0.15, 0.2) is 16.7 Å². The smallest absolute Gasteiger partial charge is 0.256 e. The molecule has 3 N–H and O–H groups in total. The summed E-state index contributed by atoms with van der Waals surface area (Å²) in [5, 5.41) is 2.43. The molecule has 54 valence electrons. The SMILES string of the molecule is CNC(=O)c1ccoc1N. The van der Waals surface area contributed by atoms with E-state index in [2.05, 4.69) is 5.32 Å². The number of carbonyl (C=O) groups is 1. The standard InChI is InChI=1S/C6H8N2O2/c1-8-6(9)4-2-3-10-5(4)7/h2-3H,7H2,1H3,(H,8,9). The predicted octanol–water partition coefficient (Wildman–Crippen LogP) is 0.221. The molecular formula is C6H8N2O2. The monoisotopic (exact) mass is 140 g/mol. The fraction of sp³-hybridized carbons (Fsp3) is 0.167. The van der Waals surface area contributed by atoms with Gasteiger partial charge in [-0.15, -0.1) is 0 Å². The third kappa shape index (κ3) is 0.953. The first-order chi connectivity index (χ1) is 4.75. The Bertz CT molecular complexity index is 242. The summed E-state index contributed by atoms with van der Waals surface area (Å²) >= 11 is 0. The number of nitrogen functional groups attached to an aromatic ring is 1. The molecule has 1 amide bonds. The van der Waals surface area contributed by atoms with Crippen LogP contribution in [0.5, 0.6) is 0 Å². The van der Waals surface area contributed by atoms with Gasteiger partial charge in [-0.3, -0.25) is 4.79 Å². The summed E-state index contributed by atoms with van der Waals surface area (Å²) in [6, 6.07) is 1.52. The zero-order valence-electron chi connectivity index (χ0n) is 5.55. The van der Waals surface area contributed by atoms with Crippen LogP contribution in [-0.2, 0) is 0 Å². The summed E-state index contributed by atoms with van der Waals surface area (Å²) in [4.78, 5) is 10.8. The van der Waals surface area contributed by atoms with E-state index in [9.17, 15) is 4.79 Å². The number of hydrogen-bond donors (Lipinski definition) is 2. The minimum absolute atomic E-state index is 0.152. The fourth-order valence-corrected chi connectivity index (χ4v) is 0.643. The quantitative estimate of drug-likeness (QED) is 0.586. The lowest BCUT2D eigenvalue weighted by molar-refractivity contribution is 0.0963. The van der Waals surface area contributed by atoms with Crippen LogP contribution in [0.2, 0.25) is 0 Å². The van der Waals surface area contributed by atoms with Gasteiger partial charge in [-0.05, 0) is 6.07 Å². The van der Waals surface area contributed by atoms with Crippen LogP contribution in [-0.4, -0.2) is 13.0 Å². The molecule has 0 saturated carbocycles. The number of nitrogens with two attached hydrogens (primary N) is 1. The van der Waals surface area contributed by atoms with Crippen molar-refractivity contribution in [3.8, 4) is 0 Å². The normalized spacial score (nSPS) is 9.30. The van der Waals surface area contributed by atoms with Gasteiger partial charge in [-0.2, -0.15) is 0 Å². The molecule has 0 aromatic carbocycles.